The number of rotatable bonds is 5. The Morgan fingerprint density at radius 1 is 1.33 bits per heavy atom. The lowest BCUT2D eigenvalue weighted by molar-refractivity contribution is -0.383. The van der Waals surface area contributed by atoms with Gasteiger partial charge in [0.25, 0.3) is 0 Å². The number of anilines is 2. The molecule has 0 saturated carbocycles. The van der Waals surface area contributed by atoms with Crippen LogP contribution in [0.1, 0.15) is 19.3 Å². The van der Waals surface area contributed by atoms with E-state index in [1.165, 1.54) is 0 Å². The molecule has 2 fully saturated rings. The third kappa shape index (κ3) is 3.27. The van der Waals surface area contributed by atoms with Crippen LogP contribution in [0.25, 0.3) is 0 Å². The summed E-state index contributed by atoms with van der Waals surface area (Å²) < 4.78 is 11.4. The standard InChI is InChI=1S/C16H20N4O4/c17-7-2-8-18-13-3-1-4-14(15(13)20(21)22)19-9-5-16(6-10-19)23-11-12-24-16/h1,3-4,18H,2,5-6,8-12H2. The zero-order valence-electron chi connectivity index (χ0n) is 13.4. The molecule has 8 nitrogen and oxygen atoms in total. The normalized spacial score (nSPS) is 19.2. The summed E-state index contributed by atoms with van der Waals surface area (Å²) in [6.45, 7) is 2.88. The van der Waals surface area contributed by atoms with Gasteiger partial charge in [0.15, 0.2) is 5.79 Å². The molecule has 0 atom stereocenters. The van der Waals surface area contributed by atoms with E-state index in [-0.39, 0.29) is 10.6 Å². The van der Waals surface area contributed by atoms with Gasteiger partial charge in [-0.2, -0.15) is 5.26 Å². The lowest BCUT2D eigenvalue weighted by Gasteiger charge is -2.38. The Bertz CT molecular complexity index is 642. The summed E-state index contributed by atoms with van der Waals surface area (Å²) in [4.78, 5) is 13.2. The van der Waals surface area contributed by atoms with E-state index in [4.69, 9.17) is 14.7 Å². The highest BCUT2D eigenvalue weighted by atomic mass is 16.7. The molecule has 1 aromatic rings. The molecule has 2 aliphatic heterocycles. The third-order valence-electron chi connectivity index (χ3n) is 4.43. The molecule has 1 spiro atoms. The van der Waals surface area contributed by atoms with E-state index in [1.807, 2.05) is 11.0 Å². The van der Waals surface area contributed by atoms with Gasteiger partial charge in [0.1, 0.15) is 11.4 Å². The summed E-state index contributed by atoms with van der Waals surface area (Å²) in [7, 11) is 0. The minimum Gasteiger partial charge on any atom is -0.378 e. The molecule has 2 saturated heterocycles. The Hall–Kier alpha value is -2.37. The van der Waals surface area contributed by atoms with Crippen molar-refractivity contribution in [3.63, 3.8) is 0 Å². The first-order valence-corrected chi connectivity index (χ1v) is 8.06. The highest BCUT2D eigenvalue weighted by Gasteiger charge is 2.40. The van der Waals surface area contributed by atoms with E-state index in [1.54, 1.807) is 18.2 Å². The summed E-state index contributed by atoms with van der Waals surface area (Å²) in [6.07, 6.45) is 1.68. The van der Waals surface area contributed by atoms with Crippen LogP contribution in [0.5, 0.6) is 0 Å². The second kappa shape index (κ2) is 7.03. The van der Waals surface area contributed by atoms with Crippen molar-refractivity contribution >= 4 is 17.1 Å². The second-order valence-electron chi connectivity index (χ2n) is 5.86. The first-order chi connectivity index (χ1) is 11.7. The smallest absolute Gasteiger partial charge is 0.315 e. The number of nitriles is 1. The van der Waals surface area contributed by atoms with Gasteiger partial charge in [-0.15, -0.1) is 0 Å². The van der Waals surface area contributed by atoms with Crippen LogP contribution in [0.15, 0.2) is 18.2 Å². The lowest BCUT2D eigenvalue weighted by atomic mass is 10.0. The number of nitrogens with one attached hydrogen (secondary N) is 1. The van der Waals surface area contributed by atoms with Crippen LogP contribution in [0.4, 0.5) is 17.1 Å². The molecule has 0 radical (unpaired) electrons. The molecule has 1 aromatic carbocycles. The van der Waals surface area contributed by atoms with Crippen LogP contribution in [0, 0.1) is 21.4 Å². The van der Waals surface area contributed by atoms with Crippen LogP contribution in [-0.4, -0.2) is 43.6 Å². The van der Waals surface area contributed by atoms with Gasteiger partial charge in [-0.1, -0.05) is 6.07 Å². The molecule has 0 unspecified atom stereocenters. The molecular formula is C16H20N4O4. The molecule has 24 heavy (non-hydrogen) atoms. The molecule has 1 N–H and O–H groups in total. The average Bonchev–Trinajstić information content (AvgIpc) is 3.03. The van der Waals surface area contributed by atoms with Crippen LogP contribution >= 0.6 is 0 Å². The van der Waals surface area contributed by atoms with Crippen LogP contribution in [-0.2, 0) is 9.47 Å². The van der Waals surface area contributed by atoms with Gasteiger partial charge in [0.05, 0.1) is 30.6 Å². The first-order valence-electron chi connectivity index (χ1n) is 8.06. The molecule has 0 aliphatic carbocycles. The number of benzene rings is 1. The number of hydrogen-bond acceptors (Lipinski definition) is 7. The number of piperidine rings is 1. The van der Waals surface area contributed by atoms with Crippen molar-refractivity contribution in [3.05, 3.63) is 28.3 Å². The van der Waals surface area contributed by atoms with E-state index < -0.39 is 5.79 Å². The van der Waals surface area contributed by atoms with Crippen LogP contribution in [0.3, 0.4) is 0 Å². The van der Waals surface area contributed by atoms with Crippen molar-refractivity contribution in [1.82, 2.24) is 0 Å². The Morgan fingerprint density at radius 2 is 2.04 bits per heavy atom. The SMILES string of the molecule is N#CCCNc1cccc(N2CCC3(CC2)OCCO3)c1[N+](=O)[O-]. The number of hydrogen-bond donors (Lipinski definition) is 1. The van der Waals surface area contributed by atoms with Crippen LogP contribution in [0.2, 0.25) is 0 Å². The predicted octanol–water partition coefficient (Wildman–Crippen LogP) is 2.26. The van der Waals surface area contributed by atoms with Gasteiger partial charge >= 0.3 is 5.69 Å². The Kier molecular flexibility index (Phi) is 4.83. The lowest BCUT2D eigenvalue weighted by Crippen LogP contribution is -2.45. The fourth-order valence-corrected chi connectivity index (χ4v) is 3.25. The summed E-state index contributed by atoms with van der Waals surface area (Å²) in [5.41, 5.74) is 1.09. The largest absolute Gasteiger partial charge is 0.378 e. The predicted molar refractivity (Wildman–Crippen MR) is 87.9 cm³/mol. The summed E-state index contributed by atoms with van der Waals surface area (Å²) in [5, 5.41) is 23.2. The molecule has 8 heteroatoms. The zero-order valence-corrected chi connectivity index (χ0v) is 13.4. The minimum atomic E-state index is -0.506. The zero-order chi connectivity index (χ0) is 17.0. The van der Waals surface area contributed by atoms with E-state index in [2.05, 4.69) is 5.32 Å². The molecule has 128 valence electrons. The quantitative estimate of drug-likeness (QED) is 0.501. The number of para-hydroxylation sites is 1. The van der Waals surface area contributed by atoms with Gasteiger partial charge in [0.2, 0.25) is 0 Å². The second-order valence-corrected chi connectivity index (χ2v) is 5.86. The molecule has 2 heterocycles. The van der Waals surface area contributed by atoms with E-state index in [0.29, 0.717) is 63.5 Å². The topological polar surface area (TPSA) is 101 Å². The summed E-state index contributed by atoms with van der Waals surface area (Å²) >= 11 is 0. The summed E-state index contributed by atoms with van der Waals surface area (Å²) in [5.74, 6) is -0.506. The van der Waals surface area contributed by atoms with Crippen molar-refractivity contribution < 1.29 is 14.4 Å². The van der Waals surface area contributed by atoms with Crippen molar-refractivity contribution in [3.8, 4) is 6.07 Å². The van der Waals surface area contributed by atoms with Crippen LogP contribution < -0.4 is 10.2 Å². The van der Waals surface area contributed by atoms with Gasteiger partial charge in [-0.25, -0.2) is 0 Å². The molecule has 0 aromatic heterocycles. The fourth-order valence-electron chi connectivity index (χ4n) is 3.25. The van der Waals surface area contributed by atoms with Crippen molar-refractivity contribution in [2.45, 2.75) is 25.0 Å². The number of nitrogens with zero attached hydrogens (tertiary/aromatic N) is 3. The molecule has 3 rings (SSSR count). The maximum absolute atomic E-state index is 11.6. The highest BCUT2D eigenvalue weighted by molar-refractivity contribution is 5.77. The maximum atomic E-state index is 11.6. The van der Waals surface area contributed by atoms with Gasteiger partial charge in [0, 0.05) is 32.5 Å². The fraction of sp³-hybridized carbons (Fsp3) is 0.562. The Balaban J connectivity index is 1.79. The van der Waals surface area contributed by atoms with Crippen molar-refractivity contribution in [1.29, 1.82) is 5.26 Å². The van der Waals surface area contributed by atoms with E-state index in [9.17, 15) is 10.1 Å². The van der Waals surface area contributed by atoms with Crippen molar-refractivity contribution in [2.24, 2.45) is 0 Å². The maximum Gasteiger partial charge on any atom is 0.315 e. The molecule has 0 amide bonds. The number of nitro benzene ring substituents is 1. The molecular weight excluding hydrogens is 312 g/mol. The highest BCUT2D eigenvalue weighted by Crippen LogP contribution is 2.39. The Morgan fingerprint density at radius 3 is 2.67 bits per heavy atom. The van der Waals surface area contributed by atoms with E-state index in [0.717, 1.165) is 0 Å². The summed E-state index contributed by atoms with van der Waals surface area (Å²) in [6, 6.07) is 7.26. The third-order valence-corrected chi connectivity index (χ3v) is 4.43. The average molecular weight is 332 g/mol. The monoisotopic (exact) mass is 332 g/mol. The van der Waals surface area contributed by atoms with Gasteiger partial charge < -0.3 is 19.7 Å². The molecule has 0 bridgehead atoms. The van der Waals surface area contributed by atoms with Crippen molar-refractivity contribution in [2.75, 3.05) is 43.1 Å². The number of ether oxygens (including phenoxy) is 2. The Labute approximate surface area is 140 Å². The molecule has 2 aliphatic rings. The minimum absolute atomic E-state index is 0.0552. The van der Waals surface area contributed by atoms with Gasteiger partial charge in [-0.3, -0.25) is 10.1 Å². The first kappa shape index (κ1) is 16.5. The number of nitro groups is 1. The van der Waals surface area contributed by atoms with Gasteiger partial charge in [-0.05, 0) is 12.1 Å². The van der Waals surface area contributed by atoms with E-state index >= 15 is 0 Å².